The topological polar surface area (TPSA) is 71.7 Å². The van der Waals surface area contributed by atoms with Crippen molar-refractivity contribution in [3.8, 4) is 5.75 Å². The fourth-order valence-corrected chi connectivity index (χ4v) is 2.22. The van der Waals surface area contributed by atoms with Crippen molar-refractivity contribution < 1.29 is 9.15 Å². The second kappa shape index (κ2) is 9.51. The molecule has 6 nitrogen and oxygen atoms in total. The number of benzene rings is 1. The van der Waals surface area contributed by atoms with Crippen LogP contribution < -0.4 is 15.4 Å². The smallest absolute Gasteiger partial charge is 0.214 e. The monoisotopic (exact) mass is 444 g/mol. The highest BCUT2D eigenvalue weighted by Crippen LogP contribution is 2.16. The van der Waals surface area contributed by atoms with Crippen LogP contribution in [0.4, 0.5) is 0 Å². The largest absolute Gasteiger partial charge is 0.497 e. The van der Waals surface area contributed by atoms with Crippen LogP contribution in [-0.4, -0.2) is 25.1 Å². The number of nitrogens with zero attached hydrogens (tertiary/aromatic N) is 2. The highest BCUT2D eigenvalue weighted by atomic mass is 127. The Balaban J connectivity index is 0.00000288. The van der Waals surface area contributed by atoms with Crippen molar-refractivity contribution in [2.75, 3.05) is 14.2 Å². The van der Waals surface area contributed by atoms with Crippen LogP contribution in [0.3, 0.4) is 0 Å². The van der Waals surface area contributed by atoms with Crippen LogP contribution in [0.25, 0.3) is 0 Å². The van der Waals surface area contributed by atoms with Crippen LogP contribution >= 0.6 is 24.0 Å². The summed E-state index contributed by atoms with van der Waals surface area (Å²) < 4.78 is 10.8. The highest BCUT2D eigenvalue weighted by molar-refractivity contribution is 14.0. The zero-order chi connectivity index (χ0) is 16.8. The lowest BCUT2D eigenvalue weighted by atomic mass is 10.1. The van der Waals surface area contributed by atoms with E-state index in [0.717, 1.165) is 28.3 Å². The summed E-state index contributed by atoms with van der Waals surface area (Å²) in [5.74, 6) is 3.05. The molecule has 132 valence electrons. The second-order valence-corrected chi connectivity index (χ2v) is 5.39. The van der Waals surface area contributed by atoms with Gasteiger partial charge in [-0.3, -0.25) is 4.99 Å². The molecule has 0 aliphatic carbocycles. The van der Waals surface area contributed by atoms with Crippen molar-refractivity contribution in [3.63, 3.8) is 0 Å². The van der Waals surface area contributed by atoms with E-state index in [9.17, 15) is 0 Å². The molecule has 2 N–H and O–H groups in total. The van der Waals surface area contributed by atoms with Gasteiger partial charge in [0.15, 0.2) is 5.96 Å². The van der Waals surface area contributed by atoms with Gasteiger partial charge < -0.3 is 19.8 Å². The molecule has 0 saturated heterocycles. The molecule has 0 amide bonds. The first-order chi connectivity index (χ1) is 11.0. The van der Waals surface area contributed by atoms with E-state index in [1.807, 2.05) is 32.9 Å². The molecule has 0 unspecified atom stereocenters. The number of methoxy groups -OCH3 is 1. The average molecular weight is 444 g/mol. The summed E-state index contributed by atoms with van der Waals surface area (Å²) >= 11 is 0. The zero-order valence-corrected chi connectivity index (χ0v) is 17.1. The predicted molar refractivity (Wildman–Crippen MR) is 106 cm³/mol. The van der Waals surface area contributed by atoms with Crippen LogP contribution in [-0.2, 0) is 13.1 Å². The van der Waals surface area contributed by atoms with Crippen LogP contribution in [0, 0.1) is 20.8 Å². The van der Waals surface area contributed by atoms with E-state index in [1.165, 1.54) is 0 Å². The average Bonchev–Trinajstić information content (AvgIpc) is 2.85. The third kappa shape index (κ3) is 5.70. The van der Waals surface area contributed by atoms with Crippen LogP contribution in [0.1, 0.15) is 28.5 Å². The van der Waals surface area contributed by atoms with Crippen molar-refractivity contribution in [2.45, 2.75) is 33.9 Å². The molecule has 7 heteroatoms. The van der Waals surface area contributed by atoms with Gasteiger partial charge in [0.1, 0.15) is 11.5 Å². The lowest BCUT2D eigenvalue weighted by Crippen LogP contribution is -2.36. The maximum Gasteiger partial charge on any atom is 0.214 e. The van der Waals surface area contributed by atoms with E-state index in [-0.39, 0.29) is 24.0 Å². The fourth-order valence-electron chi connectivity index (χ4n) is 2.22. The number of guanidine groups is 1. The number of aliphatic imine (C=N–C) groups is 1. The molecular weight excluding hydrogens is 419 g/mol. The molecule has 0 aliphatic rings. The minimum Gasteiger partial charge on any atom is -0.497 e. The molecule has 24 heavy (non-hydrogen) atoms. The van der Waals surface area contributed by atoms with Gasteiger partial charge in [0.05, 0.1) is 19.3 Å². The Bertz CT molecular complexity index is 678. The number of nitrogens with one attached hydrogen (secondary N) is 2. The van der Waals surface area contributed by atoms with Gasteiger partial charge in [-0.05, 0) is 44.0 Å². The van der Waals surface area contributed by atoms with Gasteiger partial charge >= 0.3 is 0 Å². The zero-order valence-electron chi connectivity index (χ0n) is 14.8. The number of halogens is 1. The van der Waals surface area contributed by atoms with Gasteiger partial charge in [-0.15, -0.1) is 24.0 Å². The maximum absolute atomic E-state index is 5.55. The Morgan fingerprint density at radius 2 is 1.88 bits per heavy atom. The predicted octanol–water partition coefficient (Wildman–Crippen LogP) is 3.09. The molecule has 0 atom stereocenters. The summed E-state index contributed by atoms with van der Waals surface area (Å²) in [6, 6.07) is 6.13. The van der Waals surface area contributed by atoms with Crippen molar-refractivity contribution in [3.05, 3.63) is 46.7 Å². The number of aromatic nitrogens is 1. The fraction of sp³-hybridized carbons (Fsp3) is 0.412. The molecule has 2 aromatic rings. The number of aryl methyl sites for hydroxylation is 3. The summed E-state index contributed by atoms with van der Waals surface area (Å²) in [7, 11) is 3.41. The van der Waals surface area contributed by atoms with E-state index in [0.29, 0.717) is 24.9 Å². The molecule has 1 heterocycles. The number of oxazole rings is 1. The Kier molecular flexibility index (Phi) is 8.03. The minimum atomic E-state index is 0. The second-order valence-electron chi connectivity index (χ2n) is 5.39. The summed E-state index contributed by atoms with van der Waals surface area (Å²) in [6.45, 7) is 7.03. The van der Waals surface area contributed by atoms with E-state index in [1.54, 1.807) is 14.2 Å². The van der Waals surface area contributed by atoms with Gasteiger partial charge in [0.2, 0.25) is 5.89 Å². The quantitative estimate of drug-likeness (QED) is 0.422. The number of hydrogen-bond acceptors (Lipinski definition) is 4. The Hall–Kier alpha value is -1.77. The molecule has 1 aromatic carbocycles. The van der Waals surface area contributed by atoms with Crippen LogP contribution in [0.15, 0.2) is 27.6 Å². The van der Waals surface area contributed by atoms with Crippen molar-refractivity contribution >= 4 is 29.9 Å². The molecule has 0 bridgehead atoms. The SMILES string of the molecule is CN=C(NCc1cc(C)cc(OC)c1)NCc1nc(C)c(C)o1.I. The van der Waals surface area contributed by atoms with E-state index in [2.05, 4.69) is 26.7 Å². The molecule has 0 aliphatic heterocycles. The first kappa shape index (κ1) is 20.3. The number of ether oxygens (including phenoxy) is 1. The van der Waals surface area contributed by atoms with Crippen molar-refractivity contribution in [1.82, 2.24) is 15.6 Å². The van der Waals surface area contributed by atoms with E-state index < -0.39 is 0 Å². The lowest BCUT2D eigenvalue weighted by Gasteiger charge is -2.12. The summed E-state index contributed by atoms with van der Waals surface area (Å²) in [5.41, 5.74) is 3.21. The molecule has 2 rings (SSSR count). The third-order valence-electron chi connectivity index (χ3n) is 3.51. The van der Waals surface area contributed by atoms with Gasteiger partial charge in [-0.2, -0.15) is 0 Å². The molecule has 1 aromatic heterocycles. The Labute approximate surface area is 160 Å². The molecule has 0 saturated carbocycles. The first-order valence-electron chi connectivity index (χ1n) is 7.53. The van der Waals surface area contributed by atoms with Gasteiger partial charge in [-0.1, -0.05) is 6.07 Å². The molecular formula is C17H25IN4O2. The third-order valence-corrected chi connectivity index (χ3v) is 3.51. The van der Waals surface area contributed by atoms with Crippen molar-refractivity contribution in [1.29, 1.82) is 0 Å². The highest BCUT2D eigenvalue weighted by Gasteiger charge is 2.06. The van der Waals surface area contributed by atoms with Crippen LogP contribution in [0.2, 0.25) is 0 Å². The normalized spacial score (nSPS) is 11.0. The van der Waals surface area contributed by atoms with E-state index >= 15 is 0 Å². The summed E-state index contributed by atoms with van der Waals surface area (Å²) in [6.07, 6.45) is 0. The van der Waals surface area contributed by atoms with Crippen LogP contribution in [0.5, 0.6) is 5.75 Å². The Morgan fingerprint density at radius 1 is 1.17 bits per heavy atom. The standard InChI is InChI=1S/C17H24N4O2.HI/c1-11-6-14(8-15(7-11)22-5)9-19-17(18-4)20-10-16-21-12(2)13(3)23-16;/h6-8H,9-10H2,1-5H3,(H2,18,19,20);1H. The molecule has 0 spiro atoms. The minimum absolute atomic E-state index is 0. The summed E-state index contributed by atoms with van der Waals surface area (Å²) in [5, 5.41) is 6.46. The first-order valence-corrected chi connectivity index (χ1v) is 7.53. The van der Waals surface area contributed by atoms with Gasteiger partial charge in [0, 0.05) is 13.6 Å². The summed E-state index contributed by atoms with van der Waals surface area (Å²) in [4.78, 5) is 8.55. The lowest BCUT2D eigenvalue weighted by molar-refractivity contribution is 0.414. The number of hydrogen-bond donors (Lipinski definition) is 2. The molecule has 0 fully saturated rings. The van der Waals surface area contributed by atoms with E-state index in [4.69, 9.17) is 9.15 Å². The maximum atomic E-state index is 5.55. The Morgan fingerprint density at radius 3 is 2.46 bits per heavy atom. The van der Waals surface area contributed by atoms with Gasteiger partial charge in [0.25, 0.3) is 0 Å². The van der Waals surface area contributed by atoms with Gasteiger partial charge in [-0.25, -0.2) is 4.98 Å². The van der Waals surface area contributed by atoms with Crippen molar-refractivity contribution in [2.24, 2.45) is 4.99 Å². The number of rotatable bonds is 5. The molecule has 0 radical (unpaired) electrons.